The van der Waals surface area contributed by atoms with Crippen molar-refractivity contribution in [2.24, 2.45) is 0 Å². The molecule has 0 saturated heterocycles. The van der Waals surface area contributed by atoms with E-state index in [4.69, 9.17) is 9.47 Å². The zero-order chi connectivity index (χ0) is 22.1. The van der Waals surface area contributed by atoms with E-state index in [1.807, 2.05) is 0 Å². The molecule has 0 aliphatic heterocycles. The van der Waals surface area contributed by atoms with Crippen LogP contribution in [0.3, 0.4) is 0 Å². The van der Waals surface area contributed by atoms with Gasteiger partial charge in [-0.3, -0.25) is 14.4 Å². The van der Waals surface area contributed by atoms with Gasteiger partial charge >= 0.3 is 11.9 Å². The number of carbonyl (C=O) groups is 4. The zero-order valence-electron chi connectivity index (χ0n) is 16.4. The molecule has 9 heteroatoms. The molecular formula is C21H21FN2O6. The van der Waals surface area contributed by atoms with E-state index < -0.39 is 42.7 Å². The van der Waals surface area contributed by atoms with Crippen LogP contribution in [-0.4, -0.2) is 43.0 Å². The predicted octanol–water partition coefficient (Wildman–Crippen LogP) is 2.30. The van der Waals surface area contributed by atoms with Gasteiger partial charge in [0, 0.05) is 5.69 Å². The molecule has 2 aromatic carbocycles. The Morgan fingerprint density at radius 1 is 1.00 bits per heavy atom. The van der Waals surface area contributed by atoms with Crippen molar-refractivity contribution >= 4 is 29.4 Å². The maximum atomic E-state index is 13.5. The third kappa shape index (κ3) is 7.01. The number of ether oxygens (including phenoxy) is 2. The number of halogens is 1. The third-order valence-electron chi connectivity index (χ3n) is 3.62. The Bertz CT molecular complexity index is 927. The summed E-state index contributed by atoms with van der Waals surface area (Å²) in [5, 5.41) is 4.71. The molecule has 0 spiro atoms. The lowest BCUT2D eigenvalue weighted by atomic mass is 10.2. The van der Waals surface area contributed by atoms with E-state index in [2.05, 4.69) is 10.6 Å². The van der Waals surface area contributed by atoms with Crippen LogP contribution in [0.5, 0.6) is 0 Å². The lowest BCUT2D eigenvalue weighted by Crippen LogP contribution is -2.32. The first-order valence-electron chi connectivity index (χ1n) is 9.05. The number of nitrogens with one attached hydrogen (secondary N) is 2. The molecule has 0 fully saturated rings. The molecular weight excluding hydrogens is 395 g/mol. The molecule has 0 aromatic heterocycles. The van der Waals surface area contributed by atoms with Crippen molar-refractivity contribution in [2.75, 3.05) is 18.5 Å². The number of hydrogen-bond acceptors (Lipinski definition) is 6. The average Bonchev–Trinajstić information content (AvgIpc) is 2.71. The predicted molar refractivity (Wildman–Crippen MR) is 105 cm³/mol. The van der Waals surface area contributed by atoms with E-state index >= 15 is 0 Å². The molecule has 0 bridgehead atoms. The van der Waals surface area contributed by atoms with Crippen LogP contribution >= 0.6 is 0 Å². The molecule has 0 aliphatic carbocycles. The highest BCUT2D eigenvalue weighted by atomic mass is 19.1. The Balaban J connectivity index is 1.75. The molecule has 2 rings (SSSR count). The van der Waals surface area contributed by atoms with Gasteiger partial charge < -0.3 is 20.1 Å². The molecule has 2 N–H and O–H groups in total. The molecule has 2 aromatic rings. The normalized spacial score (nSPS) is 10.3. The SMILES string of the molecule is CC(C)OC(=O)c1ccc(NC(=O)COC(=O)CNC(=O)c2ccccc2F)cc1. The molecule has 158 valence electrons. The summed E-state index contributed by atoms with van der Waals surface area (Å²) >= 11 is 0. The molecule has 0 heterocycles. The van der Waals surface area contributed by atoms with Crippen molar-refractivity contribution in [3.8, 4) is 0 Å². The monoisotopic (exact) mass is 416 g/mol. The van der Waals surface area contributed by atoms with Gasteiger partial charge in [0.1, 0.15) is 12.4 Å². The Morgan fingerprint density at radius 2 is 1.67 bits per heavy atom. The van der Waals surface area contributed by atoms with Gasteiger partial charge in [0.25, 0.3) is 11.8 Å². The highest BCUT2D eigenvalue weighted by Crippen LogP contribution is 2.11. The summed E-state index contributed by atoms with van der Waals surface area (Å²) in [7, 11) is 0. The summed E-state index contributed by atoms with van der Waals surface area (Å²) < 4.78 is 23.3. The van der Waals surface area contributed by atoms with E-state index in [0.29, 0.717) is 11.3 Å². The maximum absolute atomic E-state index is 13.5. The van der Waals surface area contributed by atoms with Gasteiger partial charge in [-0.15, -0.1) is 0 Å². The van der Waals surface area contributed by atoms with Gasteiger partial charge in [-0.25, -0.2) is 9.18 Å². The first kappa shape index (κ1) is 22.5. The van der Waals surface area contributed by atoms with Gasteiger partial charge in [0.05, 0.1) is 17.2 Å². The van der Waals surface area contributed by atoms with Crippen molar-refractivity contribution in [3.05, 3.63) is 65.5 Å². The van der Waals surface area contributed by atoms with E-state index in [9.17, 15) is 23.6 Å². The molecule has 2 amide bonds. The van der Waals surface area contributed by atoms with Crippen LogP contribution in [0.1, 0.15) is 34.6 Å². The van der Waals surface area contributed by atoms with Crippen molar-refractivity contribution in [3.63, 3.8) is 0 Å². The second kappa shape index (κ2) is 10.7. The standard InChI is InChI=1S/C21H21FN2O6/c1-13(2)30-21(28)14-7-9-15(10-8-14)24-18(25)12-29-19(26)11-23-20(27)16-5-3-4-6-17(16)22/h3-10,13H,11-12H2,1-2H3,(H,23,27)(H,24,25). The topological polar surface area (TPSA) is 111 Å². The van der Waals surface area contributed by atoms with E-state index in [1.165, 1.54) is 42.5 Å². The summed E-state index contributed by atoms with van der Waals surface area (Å²) in [5.41, 5.74) is 0.521. The minimum Gasteiger partial charge on any atom is -0.459 e. The quantitative estimate of drug-likeness (QED) is 0.639. The van der Waals surface area contributed by atoms with Crippen molar-refractivity contribution in [1.82, 2.24) is 5.32 Å². The first-order chi connectivity index (χ1) is 14.3. The second-order valence-corrected chi connectivity index (χ2v) is 6.40. The van der Waals surface area contributed by atoms with E-state index in [0.717, 1.165) is 6.07 Å². The van der Waals surface area contributed by atoms with Gasteiger partial charge in [0.2, 0.25) is 0 Å². The van der Waals surface area contributed by atoms with Gasteiger partial charge in [-0.2, -0.15) is 0 Å². The Morgan fingerprint density at radius 3 is 2.30 bits per heavy atom. The molecule has 0 saturated carbocycles. The number of rotatable bonds is 8. The highest BCUT2D eigenvalue weighted by molar-refractivity contribution is 5.97. The van der Waals surface area contributed by atoms with Crippen LogP contribution in [-0.2, 0) is 19.1 Å². The minimum atomic E-state index is -0.860. The Hall–Kier alpha value is -3.75. The molecule has 30 heavy (non-hydrogen) atoms. The van der Waals surface area contributed by atoms with Crippen LogP contribution in [0.4, 0.5) is 10.1 Å². The largest absolute Gasteiger partial charge is 0.459 e. The number of esters is 2. The highest BCUT2D eigenvalue weighted by Gasteiger charge is 2.14. The summed E-state index contributed by atoms with van der Waals surface area (Å²) in [6.07, 6.45) is -0.247. The Kier molecular flexibility index (Phi) is 8.04. The van der Waals surface area contributed by atoms with Gasteiger partial charge in [-0.05, 0) is 50.2 Å². The summed E-state index contributed by atoms with van der Waals surface area (Å²) in [5.74, 6) is -3.44. The van der Waals surface area contributed by atoms with Gasteiger partial charge in [0.15, 0.2) is 6.61 Å². The number of benzene rings is 2. The molecule has 0 unspecified atom stereocenters. The number of carbonyl (C=O) groups excluding carboxylic acids is 4. The van der Waals surface area contributed by atoms with E-state index in [-0.39, 0.29) is 11.7 Å². The zero-order valence-corrected chi connectivity index (χ0v) is 16.4. The van der Waals surface area contributed by atoms with E-state index in [1.54, 1.807) is 13.8 Å². The fraction of sp³-hybridized carbons (Fsp3) is 0.238. The minimum absolute atomic E-state index is 0.205. The van der Waals surface area contributed by atoms with Crippen molar-refractivity contribution < 1.29 is 33.0 Å². The fourth-order valence-electron chi connectivity index (χ4n) is 2.26. The van der Waals surface area contributed by atoms with Crippen molar-refractivity contribution in [2.45, 2.75) is 20.0 Å². The van der Waals surface area contributed by atoms with Crippen LogP contribution in [0.25, 0.3) is 0 Å². The van der Waals surface area contributed by atoms with Crippen LogP contribution < -0.4 is 10.6 Å². The van der Waals surface area contributed by atoms with Crippen LogP contribution in [0.15, 0.2) is 48.5 Å². The molecule has 0 atom stereocenters. The lowest BCUT2D eigenvalue weighted by Gasteiger charge is -2.09. The molecule has 0 aliphatic rings. The first-order valence-corrected chi connectivity index (χ1v) is 9.05. The summed E-state index contributed by atoms with van der Waals surface area (Å²) in [4.78, 5) is 47.1. The fourth-order valence-corrected chi connectivity index (χ4v) is 2.26. The Labute approximate surface area is 172 Å². The summed E-state index contributed by atoms with van der Waals surface area (Å²) in [6.45, 7) is 2.37. The summed E-state index contributed by atoms with van der Waals surface area (Å²) in [6, 6.07) is 11.3. The number of anilines is 1. The smallest absolute Gasteiger partial charge is 0.338 e. The van der Waals surface area contributed by atoms with Crippen LogP contribution in [0, 0.1) is 5.82 Å². The molecule has 0 radical (unpaired) electrons. The van der Waals surface area contributed by atoms with Gasteiger partial charge in [-0.1, -0.05) is 12.1 Å². The average molecular weight is 416 g/mol. The maximum Gasteiger partial charge on any atom is 0.338 e. The van der Waals surface area contributed by atoms with Crippen LogP contribution in [0.2, 0.25) is 0 Å². The van der Waals surface area contributed by atoms with Crippen molar-refractivity contribution in [1.29, 1.82) is 0 Å². The third-order valence-corrected chi connectivity index (χ3v) is 3.62. The number of hydrogen-bond donors (Lipinski definition) is 2. The number of amides is 2. The molecule has 8 nitrogen and oxygen atoms in total. The second-order valence-electron chi connectivity index (χ2n) is 6.40. The lowest BCUT2D eigenvalue weighted by molar-refractivity contribution is -0.146.